The van der Waals surface area contributed by atoms with E-state index in [0.29, 0.717) is 11.7 Å². The maximum absolute atomic E-state index is 6.34. The Hall–Kier alpha value is -1.16. The minimum atomic E-state index is 0.0998. The van der Waals surface area contributed by atoms with Crippen LogP contribution in [0.3, 0.4) is 0 Å². The highest BCUT2D eigenvalue weighted by molar-refractivity contribution is 6.30. The molecule has 2 rings (SSSR count). The lowest BCUT2D eigenvalue weighted by Gasteiger charge is -2.29. The highest BCUT2D eigenvalue weighted by Crippen LogP contribution is 2.23. The van der Waals surface area contributed by atoms with E-state index in [1.165, 1.54) is 5.56 Å². The lowest BCUT2D eigenvalue weighted by molar-refractivity contribution is 0.210. The van der Waals surface area contributed by atoms with Gasteiger partial charge in [-0.2, -0.15) is 0 Å². The summed E-state index contributed by atoms with van der Waals surface area (Å²) in [4.78, 5) is 6.77. The quantitative estimate of drug-likeness (QED) is 0.858. The Balaban J connectivity index is 2.22. The first kappa shape index (κ1) is 16.2. The van der Waals surface area contributed by atoms with Gasteiger partial charge < -0.3 is 10.6 Å². The summed E-state index contributed by atoms with van der Waals surface area (Å²) >= 11 is 6.34. The highest BCUT2D eigenvalue weighted by atomic mass is 35.5. The third-order valence-electron chi connectivity index (χ3n) is 3.69. The van der Waals surface area contributed by atoms with Crippen molar-refractivity contribution in [3.63, 3.8) is 0 Å². The highest BCUT2D eigenvalue weighted by Gasteiger charge is 2.19. The van der Waals surface area contributed by atoms with Gasteiger partial charge in [-0.3, -0.25) is 0 Å². The predicted molar refractivity (Wildman–Crippen MR) is 90.7 cm³/mol. The van der Waals surface area contributed by atoms with Crippen LogP contribution in [0.15, 0.2) is 24.3 Å². The number of nitrogens with two attached hydrogens (primary N) is 1. The molecule has 0 amide bonds. The molecule has 4 heteroatoms. The molecular weight excluding hydrogens is 282 g/mol. The second-order valence-electron chi connectivity index (χ2n) is 6.68. The molecule has 0 saturated heterocycles. The number of aryl methyl sites for hydroxylation is 1. The fraction of sp³-hybridized carbons (Fsp3) is 0.471. The Morgan fingerprint density at radius 2 is 2.00 bits per heavy atom. The third-order valence-corrected chi connectivity index (χ3v) is 4.02. The molecule has 0 aliphatic carbocycles. The monoisotopic (exact) mass is 305 g/mol. The normalized spacial score (nSPS) is 12.3. The molecule has 1 aromatic carbocycles. The van der Waals surface area contributed by atoms with Gasteiger partial charge in [0.1, 0.15) is 5.15 Å². The first-order valence-electron chi connectivity index (χ1n) is 7.25. The Kier molecular flexibility index (Phi) is 4.87. The molecule has 0 radical (unpaired) electrons. The Bertz CT molecular complexity index is 637. The average molecular weight is 306 g/mol. The fourth-order valence-electron chi connectivity index (χ4n) is 2.55. The number of pyridine rings is 1. The van der Waals surface area contributed by atoms with E-state index in [4.69, 9.17) is 17.3 Å². The molecule has 2 N–H and O–H groups in total. The molecule has 0 fully saturated rings. The van der Waals surface area contributed by atoms with Crippen LogP contribution in [0.2, 0.25) is 5.15 Å². The summed E-state index contributed by atoms with van der Waals surface area (Å²) in [5.74, 6) is 0. The number of nitrogens with zero attached hydrogens (tertiary/aromatic N) is 2. The van der Waals surface area contributed by atoms with Gasteiger partial charge in [0.05, 0.1) is 5.52 Å². The number of halogens is 1. The summed E-state index contributed by atoms with van der Waals surface area (Å²) in [5, 5.41) is 1.72. The zero-order valence-electron chi connectivity index (χ0n) is 13.3. The Labute approximate surface area is 132 Å². The van der Waals surface area contributed by atoms with Crippen molar-refractivity contribution >= 4 is 22.5 Å². The molecule has 3 nitrogen and oxygen atoms in total. The number of aromatic nitrogens is 1. The number of hydrogen-bond donors (Lipinski definition) is 1. The second kappa shape index (κ2) is 6.30. The van der Waals surface area contributed by atoms with Crippen LogP contribution >= 0.6 is 11.6 Å². The molecule has 0 aliphatic rings. The number of benzene rings is 1. The van der Waals surface area contributed by atoms with E-state index in [0.717, 1.165) is 29.6 Å². The molecule has 114 valence electrons. The molecule has 0 aliphatic heterocycles. The van der Waals surface area contributed by atoms with Crippen molar-refractivity contribution in [2.24, 2.45) is 11.1 Å². The summed E-state index contributed by atoms with van der Waals surface area (Å²) < 4.78 is 0. The molecule has 0 unspecified atom stereocenters. The van der Waals surface area contributed by atoms with Crippen molar-refractivity contribution in [1.82, 2.24) is 9.88 Å². The lowest BCUT2D eigenvalue weighted by atomic mass is 9.93. The van der Waals surface area contributed by atoms with Gasteiger partial charge in [-0.05, 0) is 43.6 Å². The Morgan fingerprint density at radius 1 is 1.29 bits per heavy atom. The molecule has 0 bridgehead atoms. The zero-order valence-corrected chi connectivity index (χ0v) is 14.0. The lowest BCUT2D eigenvalue weighted by Crippen LogP contribution is -2.36. The Morgan fingerprint density at radius 3 is 2.67 bits per heavy atom. The van der Waals surface area contributed by atoms with Gasteiger partial charge in [0.15, 0.2) is 0 Å². The minimum Gasteiger partial charge on any atom is -0.330 e. The molecule has 1 aromatic heterocycles. The summed E-state index contributed by atoms with van der Waals surface area (Å²) in [6, 6.07) is 8.40. The van der Waals surface area contributed by atoms with Gasteiger partial charge in [-0.25, -0.2) is 4.98 Å². The van der Waals surface area contributed by atoms with Crippen LogP contribution in [0.4, 0.5) is 0 Å². The number of fused-ring (bicyclic) bond motifs is 1. The summed E-state index contributed by atoms with van der Waals surface area (Å²) in [6.45, 7) is 8.77. The van der Waals surface area contributed by atoms with E-state index in [2.05, 4.69) is 62.0 Å². The van der Waals surface area contributed by atoms with Gasteiger partial charge in [0.2, 0.25) is 0 Å². The van der Waals surface area contributed by atoms with Crippen molar-refractivity contribution in [3.8, 4) is 0 Å². The average Bonchev–Trinajstić information content (AvgIpc) is 2.39. The van der Waals surface area contributed by atoms with Gasteiger partial charge in [-0.1, -0.05) is 37.6 Å². The largest absolute Gasteiger partial charge is 0.330 e. The molecule has 1 heterocycles. The van der Waals surface area contributed by atoms with Gasteiger partial charge in [0.25, 0.3) is 0 Å². The van der Waals surface area contributed by atoms with Crippen LogP contribution in [-0.4, -0.2) is 30.0 Å². The number of rotatable bonds is 5. The van der Waals surface area contributed by atoms with E-state index in [1.807, 2.05) is 0 Å². The zero-order chi connectivity index (χ0) is 15.6. The number of hydrogen-bond acceptors (Lipinski definition) is 3. The second-order valence-corrected chi connectivity index (χ2v) is 7.03. The van der Waals surface area contributed by atoms with Crippen LogP contribution in [-0.2, 0) is 6.54 Å². The summed E-state index contributed by atoms with van der Waals surface area (Å²) in [7, 11) is 2.09. The van der Waals surface area contributed by atoms with Crippen molar-refractivity contribution in [1.29, 1.82) is 0 Å². The third kappa shape index (κ3) is 4.16. The van der Waals surface area contributed by atoms with Gasteiger partial charge >= 0.3 is 0 Å². The van der Waals surface area contributed by atoms with Crippen molar-refractivity contribution in [3.05, 3.63) is 40.5 Å². The van der Waals surface area contributed by atoms with E-state index in [-0.39, 0.29) is 5.41 Å². The molecule has 0 spiro atoms. The van der Waals surface area contributed by atoms with E-state index < -0.39 is 0 Å². The predicted octanol–water partition coefficient (Wildman–Crippen LogP) is 3.61. The van der Waals surface area contributed by atoms with Crippen LogP contribution in [0.25, 0.3) is 10.9 Å². The maximum Gasteiger partial charge on any atom is 0.134 e. The molecule has 2 aromatic rings. The van der Waals surface area contributed by atoms with Gasteiger partial charge in [0, 0.05) is 24.0 Å². The summed E-state index contributed by atoms with van der Waals surface area (Å²) in [5.41, 5.74) is 9.11. The standard InChI is InChI=1S/C17H24ClN3/c1-12-5-6-13-8-14(16(18)20-15(13)7-12)9-21(4)11-17(2,3)10-19/h5-8H,9-11,19H2,1-4H3. The smallest absolute Gasteiger partial charge is 0.134 e. The molecule has 0 saturated carbocycles. The van der Waals surface area contributed by atoms with Crippen LogP contribution < -0.4 is 5.73 Å². The van der Waals surface area contributed by atoms with E-state index in [1.54, 1.807) is 0 Å². The van der Waals surface area contributed by atoms with E-state index in [9.17, 15) is 0 Å². The fourth-order valence-corrected chi connectivity index (χ4v) is 2.76. The minimum absolute atomic E-state index is 0.0998. The van der Waals surface area contributed by atoms with Crippen LogP contribution in [0, 0.1) is 12.3 Å². The maximum atomic E-state index is 6.34. The van der Waals surface area contributed by atoms with Crippen LogP contribution in [0.5, 0.6) is 0 Å². The molecule has 0 atom stereocenters. The van der Waals surface area contributed by atoms with Gasteiger partial charge in [-0.15, -0.1) is 0 Å². The van der Waals surface area contributed by atoms with Crippen LogP contribution in [0.1, 0.15) is 25.0 Å². The van der Waals surface area contributed by atoms with E-state index >= 15 is 0 Å². The topological polar surface area (TPSA) is 42.1 Å². The van der Waals surface area contributed by atoms with Crippen molar-refractivity contribution in [2.75, 3.05) is 20.1 Å². The first-order valence-corrected chi connectivity index (χ1v) is 7.63. The SMILES string of the molecule is Cc1ccc2cc(CN(C)CC(C)(C)CN)c(Cl)nc2c1. The molecule has 21 heavy (non-hydrogen) atoms. The van der Waals surface area contributed by atoms with Crippen molar-refractivity contribution < 1.29 is 0 Å². The molecular formula is C17H24ClN3. The van der Waals surface area contributed by atoms with Crippen molar-refractivity contribution in [2.45, 2.75) is 27.3 Å². The summed E-state index contributed by atoms with van der Waals surface area (Å²) in [6.07, 6.45) is 0. The first-order chi connectivity index (χ1) is 9.80.